The van der Waals surface area contributed by atoms with Crippen molar-refractivity contribution >= 4 is 11.7 Å². The third kappa shape index (κ3) is 2.99. The van der Waals surface area contributed by atoms with E-state index in [2.05, 4.69) is 20.2 Å². The fraction of sp³-hybridized carbons (Fsp3) is 0.438. The summed E-state index contributed by atoms with van der Waals surface area (Å²) in [4.78, 5) is 23.1. The second kappa shape index (κ2) is 6.28. The largest absolute Gasteiger partial charge is 0.382 e. The number of carbonyl (C=O) groups is 1. The number of rotatable bonds is 3. The Morgan fingerprint density at radius 1 is 1.35 bits per heavy atom. The van der Waals surface area contributed by atoms with Crippen molar-refractivity contribution in [3.63, 3.8) is 0 Å². The third-order valence-corrected chi connectivity index (χ3v) is 4.08. The number of nitrogens with two attached hydrogens (primary N) is 1. The maximum absolute atomic E-state index is 13.0. The van der Waals surface area contributed by atoms with Gasteiger partial charge in [0.2, 0.25) is 0 Å². The van der Waals surface area contributed by atoms with Crippen LogP contribution in [0.2, 0.25) is 0 Å². The van der Waals surface area contributed by atoms with Crippen molar-refractivity contribution < 1.29 is 4.79 Å². The minimum absolute atomic E-state index is 0.0459. The Morgan fingerprint density at radius 3 is 2.87 bits per heavy atom. The van der Waals surface area contributed by atoms with Gasteiger partial charge >= 0.3 is 0 Å². The van der Waals surface area contributed by atoms with Crippen LogP contribution in [0.25, 0.3) is 0 Å². The van der Waals surface area contributed by atoms with Crippen LogP contribution in [0, 0.1) is 0 Å². The topological polar surface area (TPSA) is 97.9 Å². The first-order chi connectivity index (χ1) is 11.1. The molecule has 0 spiro atoms. The van der Waals surface area contributed by atoms with Gasteiger partial charge in [-0.25, -0.2) is 9.97 Å². The van der Waals surface area contributed by atoms with Gasteiger partial charge in [-0.3, -0.25) is 4.79 Å². The summed E-state index contributed by atoms with van der Waals surface area (Å²) in [5, 5.41) is 8.05. The summed E-state index contributed by atoms with van der Waals surface area (Å²) in [6.45, 7) is 4.74. The van der Waals surface area contributed by atoms with Crippen molar-refractivity contribution in [2.75, 3.05) is 12.3 Å². The number of hydrogen-bond acceptors (Lipinski definition) is 6. The van der Waals surface area contributed by atoms with Crippen LogP contribution in [0.5, 0.6) is 0 Å². The average Bonchev–Trinajstić information content (AvgIpc) is 3.04. The molecule has 0 radical (unpaired) electrons. The Morgan fingerprint density at radius 2 is 2.17 bits per heavy atom. The molecule has 2 aromatic heterocycles. The molecule has 7 nitrogen and oxygen atoms in total. The summed E-state index contributed by atoms with van der Waals surface area (Å²) in [6, 6.07) is 3.48. The van der Waals surface area contributed by atoms with Crippen LogP contribution in [0.1, 0.15) is 60.4 Å². The van der Waals surface area contributed by atoms with E-state index < -0.39 is 0 Å². The third-order valence-electron chi connectivity index (χ3n) is 4.08. The highest BCUT2D eigenvalue weighted by Crippen LogP contribution is 2.32. The average molecular weight is 312 g/mol. The van der Waals surface area contributed by atoms with Gasteiger partial charge in [-0.05, 0) is 30.9 Å². The van der Waals surface area contributed by atoms with Crippen molar-refractivity contribution in [1.82, 2.24) is 25.1 Å². The molecule has 120 valence electrons. The number of nitrogen functional groups attached to an aromatic ring is 1. The zero-order valence-electron chi connectivity index (χ0n) is 13.3. The molecule has 1 aliphatic rings. The lowest BCUT2D eigenvalue weighted by atomic mass is 10.0. The second-order valence-corrected chi connectivity index (χ2v) is 6.02. The van der Waals surface area contributed by atoms with Gasteiger partial charge in [0.1, 0.15) is 12.1 Å². The quantitative estimate of drug-likeness (QED) is 0.930. The van der Waals surface area contributed by atoms with E-state index in [0.29, 0.717) is 17.9 Å². The SMILES string of the molecule is CC(C)c1ncncc1C(=O)N1CCCC1c1ccc(N)nn1. The summed E-state index contributed by atoms with van der Waals surface area (Å²) < 4.78 is 0. The zero-order valence-corrected chi connectivity index (χ0v) is 13.3. The van der Waals surface area contributed by atoms with E-state index in [1.165, 1.54) is 6.33 Å². The standard InChI is InChI=1S/C16H20N6O/c1-10(2)15-11(8-18-9-19-15)16(23)22-7-3-4-13(22)12-5-6-14(17)21-20-12/h5-6,8-10,13H,3-4,7H2,1-2H3,(H2,17,21). The van der Waals surface area contributed by atoms with Crippen molar-refractivity contribution in [3.05, 3.63) is 41.6 Å². The van der Waals surface area contributed by atoms with Crippen molar-refractivity contribution in [2.45, 2.75) is 38.6 Å². The normalized spacial score (nSPS) is 17.7. The molecule has 1 unspecified atom stereocenters. The first-order valence-electron chi connectivity index (χ1n) is 7.78. The molecule has 1 fully saturated rings. The molecular formula is C16H20N6O. The van der Waals surface area contributed by atoms with Gasteiger partial charge in [0, 0.05) is 12.7 Å². The molecule has 1 amide bonds. The molecule has 7 heteroatoms. The smallest absolute Gasteiger partial charge is 0.257 e. The fourth-order valence-electron chi connectivity index (χ4n) is 2.97. The highest BCUT2D eigenvalue weighted by atomic mass is 16.2. The number of amides is 1. The zero-order chi connectivity index (χ0) is 16.4. The van der Waals surface area contributed by atoms with Crippen molar-refractivity contribution in [3.8, 4) is 0 Å². The van der Waals surface area contributed by atoms with Crippen LogP contribution in [0.15, 0.2) is 24.7 Å². The van der Waals surface area contributed by atoms with Crippen LogP contribution < -0.4 is 5.73 Å². The maximum Gasteiger partial charge on any atom is 0.257 e. The molecule has 0 aromatic carbocycles. The van der Waals surface area contributed by atoms with Crippen LogP contribution in [0.4, 0.5) is 5.82 Å². The highest BCUT2D eigenvalue weighted by molar-refractivity contribution is 5.95. The monoisotopic (exact) mass is 312 g/mol. The van der Waals surface area contributed by atoms with E-state index in [4.69, 9.17) is 5.73 Å². The van der Waals surface area contributed by atoms with E-state index in [9.17, 15) is 4.79 Å². The molecule has 23 heavy (non-hydrogen) atoms. The molecule has 0 saturated carbocycles. The van der Waals surface area contributed by atoms with E-state index in [1.54, 1.807) is 12.3 Å². The Balaban J connectivity index is 1.91. The molecule has 2 aromatic rings. The predicted molar refractivity (Wildman–Crippen MR) is 85.6 cm³/mol. The second-order valence-electron chi connectivity index (χ2n) is 6.02. The Bertz CT molecular complexity index is 700. The number of anilines is 1. The molecule has 1 aliphatic heterocycles. The van der Waals surface area contributed by atoms with E-state index in [-0.39, 0.29) is 17.9 Å². The number of hydrogen-bond donors (Lipinski definition) is 1. The number of aromatic nitrogens is 4. The highest BCUT2D eigenvalue weighted by Gasteiger charge is 2.33. The van der Waals surface area contributed by atoms with Crippen LogP contribution in [0.3, 0.4) is 0 Å². The summed E-state index contributed by atoms with van der Waals surface area (Å²) in [7, 11) is 0. The van der Waals surface area contributed by atoms with E-state index in [0.717, 1.165) is 24.2 Å². The summed E-state index contributed by atoms with van der Waals surface area (Å²) >= 11 is 0. The summed E-state index contributed by atoms with van der Waals surface area (Å²) in [6.07, 6.45) is 4.90. The predicted octanol–water partition coefficient (Wildman–Crippen LogP) is 1.95. The minimum atomic E-state index is -0.0733. The summed E-state index contributed by atoms with van der Waals surface area (Å²) in [5.74, 6) is 0.493. The lowest BCUT2D eigenvalue weighted by molar-refractivity contribution is 0.0729. The molecule has 3 rings (SSSR count). The van der Waals surface area contributed by atoms with Gasteiger partial charge in [-0.2, -0.15) is 5.10 Å². The fourth-order valence-corrected chi connectivity index (χ4v) is 2.97. The van der Waals surface area contributed by atoms with Crippen LogP contribution >= 0.6 is 0 Å². The van der Waals surface area contributed by atoms with Gasteiger partial charge in [-0.1, -0.05) is 13.8 Å². The van der Waals surface area contributed by atoms with Gasteiger partial charge in [0.05, 0.1) is 23.0 Å². The van der Waals surface area contributed by atoms with Crippen molar-refractivity contribution in [1.29, 1.82) is 0 Å². The maximum atomic E-state index is 13.0. The Kier molecular flexibility index (Phi) is 4.18. The number of likely N-dealkylation sites (tertiary alicyclic amines) is 1. The van der Waals surface area contributed by atoms with Gasteiger partial charge in [-0.15, -0.1) is 5.10 Å². The van der Waals surface area contributed by atoms with E-state index >= 15 is 0 Å². The Hall–Kier alpha value is -2.57. The molecule has 1 saturated heterocycles. The van der Waals surface area contributed by atoms with Crippen LogP contribution in [-0.4, -0.2) is 37.5 Å². The lowest BCUT2D eigenvalue weighted by Gasteiger charge is -2.25. The molecule has 3 heterocycles. The minimum Gasteiger partial charge on any atom is -0.382 e. The molecule has 1 atom stereocenters. The lowest BCUT2D eigenvalue weighted by Crippen LogP contribution is -2.32. The Labute approximate surface area is 135 Å². The van der Waals surface area contributed by atoms with Crippen LogP contribution in [-0.2, 0) is 0 Å². The molecular weight excluding hydrogens is 292 g/mol. The van der Waals surface area contributed by atoms with Crippen molar-refractivity contribution in [2.24, 2.45) is 0 Å². The number of carbonyl (C=O) groups excluding carboxylic acids is 1. The number of nitrogens with zero attached hydrogens (tertiary/aromatic N) is 5. The molecule has 2 N–H and O–H groups in total. The van der Waals surface area contributed by atoms with Gasteiger partial charge in [0.15, 0.2) is 0 Å². The first-order valence-corrected chi connectivity index (χ1v) is 7.78. The molecule has 0 bridgehead atoms. The van der Waals surface area contributed by atoms with E-state index in [1.807, 2.05) is 24.8 Å². The summed E-state index contributed by atoms with van der Waals surface area (Å²) in [5.41, 5.74) is 7.71. The molecule has 0 aliphatic carbocycles. The first kappa shape index (κ1) is 15.3. The van der Waals surface area contributed by atoms with Gasteiger partial charge < -0.3 is 10.6 Å². The van der Waals surface area contributed by atoms with Gasteiger partial charge in [0.25, 0.3) is 5.91 Å².